The van der Waals surface area contributed by atoms with Gasteiger partial charge in [0.15, 0.2) is 0 Å². The van der Waals surface area contributed by atoms with Gasteiger partial charge < -0.3 is 16.0 Å². The second-order valence-electron chi connectivity index (χ2n) is 3.68. The van der Waals surface area contributed by atoms with Gasteiger partial charge in [0.25, 0.3) is 0 Å². The molecule has 88 valence electrons. The van der Waals surface area contributed by atoms with Crippen LogP contribution in [-0.2, 0) is 9.59 Å². The summed E-state index contributed by atoms with van der Waals surface area (Å²) in [5.41, 5.74) is 0. The Kier molecular flexibility index (Phi) is 7.62. The largest absolute Gasteiger partial charge is 0.356 e. The Morgan fingerprint density at radius 3 is 2.20 bits per heavy atom. The quantitative estimate of drug-likeness (QED) is 0.542. The van der Waals surface area contributed by atoms with E-state index in [-0.39, 0.29) is 17.9 Å². The van der Waals surface area contributed by atoms with Gasteiger partial charge in [0, 0.05) is 32.0 Å². The molecule has 0 aliphatic rings. The standard InChI is InChI=1S/C10H21N3O2/c1-8(2)13-10(15)5-7-12-9(14)4-6-11-3/h8,11H,4-7H2,1-3H3,(H,12,14)(H,13,15). The van der Waals surface area contributed by atoms with Gasteiger partial charge in [-0.15, -0.1) is 0 Å². The van der Waals surface area contributed by atoms with Crippen LogP contribution in [0.25, 0.3) is 0 Å². The van der Waals surface area contributed by atoms with E-state index in [1.54, 1.807) is 7.05 Å². The van der Waals surface area contributed by atoms with Gasteiger partial charge in [0.1, 0.15) is 0 Å². The van der Waals surface area contributed by atoms with Crippen LogP contribution < -0.4 is 16.0 Å². The summed E-state index contributed by atoms with van der Waals surface area (Å²) in [6.45, 7) is 4.87. The highest BCUT2D eigenvalue weighted by molar-refractivity contribution is 5.79. The maximum Gasteiger partial charge on any atom is 0.221 e. The number of nitrogens with one attached hydrogen (secondary N) is 3. The molecule has 5 heteroatoms. The molecule has 5 nitrogen and oxygen atoms in total. The molecule has 15 heavy (non-hydrogen) atoms. The Balaban J connectivity index is 3.44. The van der Waals surface area contributed by atoms with Crippen LogP contribution in [-0.4, -0.2) is 38.0 Å². The molecule has 0 radical (unpaired) electrons. The van der Waals surface area contributed by atoms with Crippen molar-refractivity contribution in [2.45, 2.75) is 32.7 Å². The van der Waals surface area contributed by atoms with Crippen molar-refractivity contribution >= 4 is 11.8 Å². The fourth-order valence-electron chi connectivity index (χ4n) is 1.04. The van der Waals surface area contributed by atoms with E-state index in [1.807, 2.05) is 13.8 Å². The first kappa shape index (κ1) is 13.9. The molecule has 0 fully saturated rings. The third-order valence-corrected chi connectivity index (χ3v) is 1.73. The number of rotatable bonds is 7. The van der Waals surface area contributed by atoms with Crippen LogP contribution in [0.4, 0.5) is 0 Å². The van der Waals surface area contributed by atoms with Crippen molar-refractivity contribution in [3.8, 4) is 0 Å². The molecule has 0 aromatic carbocycles. The minimum Gasteiger partial charge on any atom is -0.356 e. The maximum absolute atomic E-state index is 11.2. The third-order valence-electron chi connectivity index (χ3n) is 1.73. The zero-order chi connectivity index (χ0) is 11.7. The smallest absolute Gasteiger partial charge is 0.221 e. The number of carbonyl (C=O) groups excluding carboxylic acids is 2. The summed E-state index contributed by atoms with van der Waals surface area (Å²) in [4.78, 5) is 22.3. The van der Waals surface area contributed by atoms with Crippen molar-refractivity contribution in [1.82, 2.24) is 16.0 Å². The monoisotopic (exact) mass is 215 g/mol. The molecule has 3 N–H and O–H groups in total. The van der Waals surface area contributed by atoms with E-state index >= 15 is 0 Å². The highest BCUT2D eigenvalue weighted by Gasteiger charge is 2.04. The van der Waals surface area contributed by atoms with E-state index in [0.717, 1.165) is 0 Å². The molecule has 0 unspecified atom stereocenters. The van der Waals surface area contributed by atoms with Crippen LogP contribution in [0.2, 0.25) is 0 Å². The average molecular weight is 215 g/mol. The molecule has 0 rings (SSSR count). The summed E-state index contributed by atoms with van der Waals surface area (Å²) >= 11 is 0. The Morgan fingerprint density at radius 2 is 1.67 bits per heavy atom. The molecular weight excluding hydrogens is 194 g/mol. The Morgan fingerprint density at radius 1 is 1.07 bits per heavy atom. The van der Waals surface area contributed by atoms with Crippen LogP contribution in [0.15, 0.2) is 0 Å². The predicted octanol–water partition coefficient (Wildman–Crippen LogP) is -0.373. The van der Waals surface area contributed by atoms with E-state index in [2.05, 4.69) is 16.0 Å². The van der Waals surface area contributed by atoms with Crippen LogP contribution >= 0.6 is 0 Å². The van der Waals surface area contributed by atoms with Crippen LogP contribution in [0.5, 0.6) is 0 Å². The molecular formula is C10H21N3O2. The minimum atomic E-state index is -0.0288. The fourth-order valence-corrected chi connectivity index (χ4v) is 1.04. The van der Waals surface area contributed by atoms with E-state index in [1.165, 1.54) is 0 Å². The van der Waals surface area contributed by atoms with Crippen molar-refractivity contribution in [2.75, 3.05) is 20.1 Å². The summed E-state index contributed by atoms with van der Waals surface area (Å²) in [7, 11) is 1.80. The summed E-state index contributed by atoms with van der Waals surface area (Å²) < 4.78 is 0. The van der Waals surface area contributed by atoms with Crippen molar-refractivity contribution in [1.29, 1.82) is 0 Å². The number of amides is 2. The molecule has 0 aliphatic heterocycles. The topological polar surface area (TPSA) is 70.2 Å². The lowest BCUT2D eigenvalue weighted by atomic mass is 10.3. The van der Waals surface area contributed by atoms with Gasteiger partial charge in [-0.05, 0) is 20.9 Å². The predicted molar refractivity (Wildman–Crippen MR) is 59.4 cm³/mol. The van der Waals surface area contributed by atoms with Gasteiger partial charge >= 0.3 is 0 Å². The minimum absolute atomic E-state index is 0.0262. The van der Waals surface area contributed by atoms with Gasteiger partial charge in [0.05, 0.1) is 0 Å². The van der Waals surface area contributed by atoms with E-state index in [4.69, 9.17) is 0 Å². The fraction of sp³-hybridized carbons (Fsp3) is 0.800. The molecule has 2 amide bonds. The Hall–Kier alpha value is -1.10. The van der Waals surface area contributed by atoms with Crippen molar-refractivity contribution in [2.24, 2.45) is 0 Å². The molecule has 0 saturated carbocycles. The molecule has 0 atom stereocenters. The lowest BCUT2D eigenvalue weighted by Crippen LogP contribution is -2.34. The number of hydrogen-bond donors (Lipinski definition) is 3. The Labute approximate surface area is 91.0 Å². The lowest BCUT2D eigenvalue weighted by Gasteiger charge is -2.08. The van der Waals surface area contributed by atoms with Gasteiger partial charge in [-0.1, -0.05) is 0 Å². The molecule has 0 aromatic rings. The van der Waals surface area contributed by atoms with Crippen molar-refractivity contribution in [3.05, 3.63) is 0 Å². The highest BCUT2D eigenvalue weighted by Crippen LogP contribution is 1.83. The molecule has 0 saturated heterocycles. The summed E-state index contributed by atoms with van der Waals surface area (Å²) in [5, 5.41) is 8.32. The van der Waals surface area contributed by atoms with E-state index < -0.39 is 0 Å². The first-order chi connectivity index (χ1) is 7.06. The third kappa shape index (κ3) is 9.21. The average Bonchev–Trinajstić information content (AvgIpc) is 2.13. The summed E-state index contributed by atoms with van der Waals surface area (Å²) in [6, 6.07) is 0.150. The zero-order valence-corrected chi connectivity index (χ0v) is 9.72. The van der Waals surface area contributed by atoms with Gasteiger partial charge in [-0.3, -0.25) is 9.59 Å². The second kappa shape index (κ2) is 8.23. The zero-order valence-electron chi connectivity index (χ0n) is 9.72. The lowest BCUT2D eigenvalue weighted by molar-refractivity contribution is -0.122. The van der Waals surface area contributed by atoms with Crippen LogP contribution in [0.1, 0.15) is 26.7 Å². The first-order valence-electron chi connectivity index (χ1n) is 5.27. The summed E-state index contributed by atoms with van der Waals surface area (Å²) in [6.07, 6.45) is 0.784. The molecule has 0 bridgehead atoms. The summed E-state index contributed by atoms with van der Waals surface area (Å²) in [5.74, 6) is -0.0550. The number of carbonyl (C=O) groups is 2. The van der Waals surface area contributed by atoms with E-state index in [0.29, 0.717) is 25.9 Å². The van der Waals surface area contributed by atoms with Gasteiger partial charge in [0.2, 0.25) is 11.8 Å². The van der Waals surface area contributed by atoms with Crippen molar-refractivity contribution < 1.29 is 9.59 Å². The second-order valence-corrected chi connectivity index (χ2v) is 3.68. The van der Waals surface area contributed by atoms with Gasteiger partial charge in [-0.25, -0.2) is 0 Å². The van der Waals surface area contributed by atoms with Crippen LogP contribution in [0.3, 0.4) is 0 Å². The SMILES string of the molecule is CNCCC(=O)NCCC(=O)NC(C)C. The Bertz CT molecular complexity index is 205. The maximum atomic E-state index is 11.2. The molecule has 0 heterocycles. The van der Waals surface area contributed by atoms with Crippen molar-refractivity contribution in [3.63, 3.8) is 0 Å². The van der Waals surface area contributed by atoms with E-state index in [9.17, 15) is 9.59 Å². The normalized spacial score (nSPS) is 10.1. The van der Waals surface area contributed by atoms with Gasteiger partial charge in [-0.2, -0.15) is 0 Å². The molecule has 0 aromatic heterocycles. The molecule has 0 spiro atoms. The first-order valence-corrected chi connectivity index (χ1v) is 5.27. The number of hydrogen-bond acceptors (Lipinski definition) is 3. The van der Waals surface area contributed by atoms with Crippen LogP contribution in [0, 0.1) is 0 Å². The molecule has 0 aliphatic carbocycles. The highest BCUT2D eigenvalue weighted by atomic mass is 16.2.